The van der Waals surface area contributed by atoms with Gasteiger partial charge in [-0.2, -0.15) is 4.98 Å². The molecule has 5 N–H and O–H groups in total. The molecule has 8 nitrogen and oxygen atoms in total. The van der Waals surface area contributed by atoms with Crippen LogP contribution in [0.3, 0.4) is 0 Å². The fourth-order valence-corrected chi connectivity index (χ4v) is 3.72. The molecule has 0 atom stereocenters. The molecule has 1 aromatic carbocycles. The lowest BCUT2D eigenvalue weighted by atomic mass is 9.99. The van der Waals surface area contributed by atoms with E-state index in [9.17, 15) is 18.3 Å². The van der Waals surface area contributed by atoms with Gasteiger partial charge in [0.05, 0.1) is 23.6 Å². The molecule has 36 heavy (non-hydrogen) atoms. The zero-order valence-electron chi connectivity index (χ0n) is 20.3. The predicted molar refractivity (Wildman–Crippen MR) is 132 cm³/mol. The number of aryl methyl sites for hydroxylation is 1. The minimum atomic E-state index is -2.79. The number of anilines is 1. The van der Waals surface area contributed by atoms with Gasteiger partial charge >= 0.3 is 0 Å². The summed E-state index contributed by atoms with van der Waals surface area (Å²) in [7, 11) is 1.77. The van der Waals surface area contributed by atoms with Crippen molar-refractivity contribution >= 4 is 5.95 Å². The van der Waals surface area contributed by atoms with E-state index in [2.05, 4.69) is 25.6 Å². The molecule has 0 radical (unpaired) electrons. The lowest BCUT2D eigenvalue weighted by Gasteiger charge is -2.19. The van der Waals surface area contributed by atoms with Crippen LogP contribution in [0, 0.1) is 12.7 Å². The molecular weight excluding hydrogens is 473 g/mol. The Kier molecular flexibility index (Phi) is 9.07. The fraction of sp³-hybridized carbons (Fsp3) is 0.320. The van der Waals surface area contributed by atoms with Crippen LogP contribution in [0.2, 0.25) is 0 Å². The maximum atomic E-state index is 13.6. The van der Waals surface area contributed by atoms with E-state index in [4.69, 9.17) is 10.5 Å². The normalized spacial score (nSPS) is 11.9. The number of ether oxygens (including phenoxy) is 1. The second-order valence-corrected chi connectivity index (χ2v) is 7.84. The summed E-state index contributed by atoms with van der Waals surface area (Å²) in [6.45, 7) is 3.79. The number of nitrogens with zero attached hydrogens (tertiary/aromatic N) is 3. The first-order chi connectivity index (χ1) is 17.3. The van der Waals surface area contributed by atoms with E-state index in [1.54, 1.807) is 20.0 Å². The summed E-state index contributed by atoms with van der Waals surface area (Å²) in [6, 6.07) is 8.42. The molecule has 0 aliphatic heterocycles. The number of benzene rings is 1. The first-order valence-corrected chi connectivity index (χ1v) is 11.3. The average molecular weight is 503 g/mol. The molecule has 3 rings (SSSR count). The number of rotatable bonds is 11. The van der Waals surface area contributed by atoms with E-state index in [-0.39, 0.29) is 25.0 Å². The molecule has 192 valence electrons. The summed E-state index contributed by atoms with van der Waals surface area (Å²) >= 11 is 0. The predicted octanol–water partition coefficient (Wildman–Crippen LogP) is 3.97. The smallest absolute Gasteiger partial charge is 0.280 e. The summed E-state index contributed by atoms with van der Waals surface area (Å²) < 4.78 is 46.9. The van der Waals surface area contributed by atoms with Crippen LogP contribution < -0.4 is 21.1 Å². The van der Waals surface area contributed by atoms with Crippen molar-refractivity contribution in [1.29, 1.82) is 0 Å². The van der Waals surface area contributed by atoms with Crippen molar-refractivity contribution < 1.29 is 23.0 Å². The number of nitrogen functional groups attached to an aromatic ring is 1. The molecule has 11 heteroatoms. The first kappa shape index (κ1) is 26.7. The number of nitrogens with one attached hydrogen (secondary N) is 2. The number of pyridine rings is 1. The summed E-state index contributed by atoms with van der Waals surface area (Å²) in [5.74, 6) is -0.490. The van der Waals surface area contributed by atoms with Gasteiger partial charge in [-0.05, 0) is 55.3 Å². The van der Waals surface area contributed by atoms with Crippen molar-refractivity contribution in [2.75, 3.05) is 32.5 Å². The largest absolute Gasteiger partial charge is 0.471 e. The maximum Gasteiger partial charge on any atom is 0.280 e. The lowest BCUT2D eigenvalue weighted by Crippen LogP contribution is -2.27. The summed E-state index contributed by atoms with van der Waals surface area (Å²) in [6.07, 6.45) is -2.13. The third-order valence-corrected chi connectivity index (χ3v) is 5.32. The number of allylic oxidation sites excluding steroid dienone is 1. The average Bonchev–Trinajstić information content (AvgIpc) is 2.85. The Morgan fingerprint density at radius 1 is 1.08 bits per heavy atom. The van der Waals surface area contributed by atoms with Gasteiger partial charge in [0.2, 0.25) is 11.8 Å². The number of aliphatic hydroxyl groups excluding tert-OH is 1. The number of halogens is 3. The Bertz CT molecular complexity index is 1210. The number of nitrogens with two attached hydrogens (primary N) is 1. The SMILES string of the molecule is CC/C(NC)=C(\COc1nc(N)nc(-c2ccc(F)cc2)c1-c1cc(C)nc(C(F)F)c1)NCCO. The number of aliphatic hydroxyl groups is 1. The third-order valence-electron chi connectivity index (χ3n) is 5.32. The van der Waals surface area contributed by atoms with Crippen molar-refractivity contribution in [2.24, 2.45) is 0 Å². The van der Waals surface area contributed by atoms with E-state index in [1.807, 2.05) is 6.92 Å². The highest BCUT2D eigenvalue weighted by Gasteiger charge is 2.22. The quantitative estimate of drug-likeness (QED) is 0.311. The first-order valence-electron chi connectivity index (χ1n) is 11.3. The Balaban J connectivity index is 2.20. The molecule has 0 aliphatic carbocycles. The molecule has 0 bridgehead atoms. The van der Waals surface area contributed by atoms with Gasteiger partial charge in [0.1, 0.15) is 18.1 Å². The van der Waals surface area contributed by atoms with Crippen molar-refractivity contribution in [3.63, 3.8) is 0 Å². The minimum Gasteiger partial charge on any atom is -0.471 e. The Morgan fingerprint density at radius 3 is 2.42 bits per heavy atom. The highest BCUT2D eigenvalue weighted by atomic mass is 19.3. The molecule has 0 saturated carbocycles. The van der Waals surface area contributed by atoms with Gasteiger partial charge in [0, 0.05) is 30.5 Å². The second-order valence-electron chi connectivity index (χ2n) is 7.84. The van der Waals surface area contributed by atoms with Gasteiger partial charge in [0.15, 0.2) is 0 Å². The highest BCUT2D eigenvalue weighted by Crippen LogP contribution is 2.39. The van der Waals surface area contributed by atoms with Crippen LogP contribution in [0.15, 0.2) is 47.8 Å². The van der Waals surface area contributed by atoms with Crippen LogP contribution in [-0.4, -0.2) is 46.9 Å². The van der Waals surface area contributed by atoms with E-state index in [0.717, 1.165) is 5.70 Å². The zero-order chi connectivity index (χ0) is 26.2. The second kappa shape index (κ2) is 12.2. The van der Waals surface area contributed by atoms with E-state index in [0.29, 0.717) is 46.7 Å². The maximum absolute atomic E-state index is 13.6. The lowest BCUT2D eigenvalue weighted by molar-refractivity contribution is 0.146. The number of hydrogen-bond acceptors (Lipinski definition) is 8. The number of aromatic nitrogens is 3. The third kappa shape index (κ3) is 6.42. The molecule has 0 aliphatic rings. The minimum absolute atomic E-state index is 0.0160. The summed E-state index contributed by atoms with van der Waals surface area (Å²) in [4.78, 5) is 12.5. The van der Waals surface area contributed by atoms with Gasteiger partial charge in [-0.1, -0.05) is 6.92 Å². The number of hydrogen-bond donors (Lipinski definition) is 4. The molecule has 0 saturated heterocycles. The van der Waals surface area contributed by atoms with Crippen LogP contribution in [-0.2, 0) is 0 Å². The van der Waals surface area contributed by atoms with E-state index < -0.39 is 17.9 Å². The van der Waals surface area contributed by atoms with Crippen molar-refractivity contribution in [3.8, 4) is 28.3 Å². The van der Waals surface area contributed by atoms with Crippen molar-refractivity contribution in [1.82, 2.24) is 25.6 Å². The molecule has 2 aromatic heterocycles. The van der Waals surface area contributed by atoms with Crippen molar-refractivity contribution in [3.05, 3.63) is 65.0 Å². The highest BCUT2D eigenvalue weighted by molar-refractivity contribution is 5.85. The molecule has 0 unspecified atom stereocenters. The molecule has 3 aromatic rings. The molecule has 0 spiro atoms. The van der Waals surface area contributed by atoms with E-state index in [1.165, 1.54) is 30.3 Å². The Labute approximate surface area is 207 Å². The standard InChI is InChI=1S/C25H29F3N6O2/c1-4-18(30-3)20(31-9-10-35)13-36-24-21(16-11-14(2)32-19(12-16)23(27)28)22(33-25(29)34-24)15-5-7-17(26)8-6-15/h5-8,11-12,23,30-31,35H,4,9-10,13H2,1-3H3,(H2,29,33,34)/b20-18-. The van der Waals surface area contributed by atoms with E-state index >= 15 is 0 Å². The van der Waals surface area contributed by atoms with Crippen LogP contribution >= 0.6 is 0 Å². The summed E-state index contributed by atoms with van der Waals surface area (Å²) in [5, 5.41) is 15.5. The van der Waals surface area contributed by atoms with Gasteiger partial charge in [-0.3, -0.25) is 4.98 Å². The van der Waals surface area contributed by atoms with Crippen LogP contribution in [0.4, 0.5) is 19.1 Å². The van der Waals surface area contributed by atoms with Crippen molar-refractivity contribution in [2.45, 2.75) is 26.7 Å². The molecule has 0 amide bonds. The van der Waals surface area contributed by atoms with Gasteiger partial charge in [-0.15, -0.1) is 0 Å². The van der Waals surface area contributed by atoms with Crippen LogP contribution in [0.5, 0.6) is 5.88 Å². The van der Waals surface area contributed by atoms with Crippen LogP contribution in [0.1, 0.15) is 31.2 Å². The Morgan fingerprint density at radius 2 is 1.81 bits per heavy atom. The Hall–Kier alpha value is -3.86. The fourth-order valence-electron chi connectivity index (χ4n) is 3.72. The topological polar surface area (TPSA) is 118 Å². The molecular formula is C25H29F3N6O2. The molecule has 2 heterocycles. The number of alkyl halides is 2. The zero-order valence-corrected chi connectivity index (χ0v) is 20.3. The monoisotopic (exact) mass is 502 g/mol. The van der Waals surface area contributed by atoms with Gasteiger partial charge in [0.25, 0.3) is 6.43 Å². The van der Waals surface area contributed by atoms with Gasteiger partial charge in [-0.25, -0.2) is 18.2 Å². The molecule has 0 fully saturated rings. The van der Waals surface area contributed by atoms with Crippen LogP contribution in [0.25, 0.3) is 22.4 Å². The van der Waals surface area contributed by atoms with Gasteiger partial charge < -0.3 is 26.2 Å². The summed E-state index contributed by atoms with van der Waals surface area (Å²) in [5.41, 5.74) is 8.94.